The van der Waals surface area contributed by atoms with Crippen molar-refractivity contribution in [3.63, 3.8) is 0 Å². The lowest BCUT2D eigenvalue weighted by atomic mass is 9.95. The Balaban J connectivity index is 1.72. The van der Waals surface area contributed by atoms with Crippen molar-refractivity contribution in [3.05, 3.63) is 0 Å². The fourth-order valence-electron chi connectivity index (χ4n) is 11.3. The van der Waals surface area contributed by atoms with E-state index >= 15 is 0 Å². The number of carbonyl (C=O) groups excluding carboxylic acids is 2. The number of carbonyl (C=O) groups is 2. The highest BCUT2D eigenvalue weighted by molar-refractivity contribution is 5.80. The Labute approximate surface area is 489 Å². The van der Waals surface area contributed by atoms with Crippen LogP contribution < -0.4 is 10.6 Å². The summed E-state index contributed by atoms with van der Waals surface area (Å²) in [5.74, 6) is -1.56. The molecule has 0 aromatic carbocycles. The van der Waals surface area contributed by atoms with Crippen LogP contribution in [0.3, 0.4) is 0 Å². The van der Waals surface area contributed by atoms with Gasteiger partial charge < -0.3 is 100 Å². The first kappa shape index (κ1) is 74.5. The average molecular weight is 1180 g/mol. The molecule has 82 heavy (non-hydrogen) atoms. The lowest BCUT2D eigenvalue weighted by Crippen LogP contribution is -2.69. The van der Waals surface area contributed by atoms with Crippen LogP contribution in [0.15, 0.2) is 0 Å². The zero-order chi connectivity index (χ0) is 60.2. The fourth-order valence-corrected chi connectivity index (χ4v) is 11.3. The van der Waals surface area contributed by atoms with Gasteiger partial charge in [-0.1, -0.05) is 206 Å². The molecular formula is C60H114N2O20. The molecule has 22 heteroatoms. The minimum Gasteiger partial charge on any atom is -0.394 e. The predicted octanol–water partition coefficient (Wildman–Crippen LogP) is 3.69. The van der Waals surface area contributed by atoms with E-state index in [4.69, 9.17) is 28.4 Å². The second-order valence-corrected chi connectivity index (χ2v) is 23.5. The lowest BCUT2D eigenvalue weighted by molar-refractivity contribution is -0.387. The number of amides is 2. The molecule has 3 heterocycles. The molecule has 0 radical (unpaired) electrons. The summed E-state index contributed by atoms with van der Waals surface area (Å²) in [6.07, 6.45) is 5.14. The van der Waals surface area contributed by atoms with Gasteiger partial charge in [-0.2, -0.15) is 0 Å². The molecule has 0 unspecified atom stereocenters. The number of hydrogen-bond acceptors (Lipinski definition) is 20. The van der Waals surface area contributed by atoms with Crippen LogP contribution in [0.2, 0.25) is 0 Å². The molecule has 484 valence electrons. The van der Waals surface area contributed by atoms with E-state index in [1.165, 1.54) is 122 Å². The molecule has 0 aromatic rings. The second-order valence-electron chi connectivity index (χ2n) is 23.5. The number of nitrogens with one attached hydrogen (secondary N) is 2. The van der Waals surface area contributed by atoms with E-state index in [2.05, 4.69) is 24.5 Å². The Bertz CT molecular complexity index is 1610. The molecule has 0 spiro atoms. The molecular weight excluding hydrogens is 1070 g/mol. The van der Waals surface area contributed by atoms with Crippen molar-refractivity contribution in [1.29, 1.82) is 0 Å². The van der Waals surface area contributed by atoms with Crippen LogP contribution in [0.1, 0.15) is 226 Å². The van der Waals surface area contributed by atoms with Gasteiger partial charge in [-0.05, 0) is 12.8 Å². The Hall–Kier alpha value is -1.78. The maximum Gasteiger partial charge on any atom is 0.249 e. The van der Waals surface area contributed by atoms with Crippen molar-refractivity contribution in [1.82, 2.24) is 10.6 Å². The number of hydrogen-bond donors (Lipinski definition) is 14. The third-order valence-electron chi connectivity index (χ3n) is 16.5. The van der Waals surface area contributed by atoms with E-state index in [1.54, 1.807) is 0 Å². The molecule has 0 aliphatic carbocycles. The zero-order valence-corrected chi connectivity index (χ0v) is 50.1. The Morgan fingerprint density at radius 1 is 0.451 bits per heavy atom. The third kappa shape index (κ3) is 27.1. The topological polar surface area (TPSA) is 356 Å². The second kappa shape index (κ2) is 43.8. The van der Waals surface area contributed by atoms with Gasteiger partial charge in [0.2, 0.25) is 11.8 Å². The monoisotopic (exact) mass is 1180 g/mol. The van der Waals surface area contributed by atoms with Gasteiger partial charge in [-0.25, -0.2) is 0 Å². The Morgan fingerprint density at radius 2 is 0.829 bits per heavy atom. The van der Waals surface area contributed by atoms with Gasteiger partial charge in [-0.15, -0.1) is 0 Å². The van der Waals surface area contributed by atoms with E-state index in [1.807, 2.05) is 0 Å². The summed E-state index contributed by atoms with van der Waals surface area (Å²) >= 11 is 0. The molecule has 3 aliphatic rings. The van der Waals surface area contributed by atoms with Crippen molar-refractivity contribution in [2.75, 3.05) is 26.4 Å². The smallest absolute Gasteiger partial charge is 0.249 e. The van der Waals surface area contributed by atoms with Gasteiger partial charge in [0, 0.05) is 6.92 Å². The minimum absolute atomic E-state index is 0.122. The van der Waals surface area contributed by atoms with Gasteiger partial charge in [0.1, 0.15) is 85.4 Å². The van der Waals surface area contributed by atoms with E-state index < -0.39 is 155 Å². The molecule has 3 saturated heterocycles. The van der Waals surface area contributed by atoms with E-state index in [0.29, 0.717) is 12.8 Å². The first-order valence-corrected chi connectivity index (χ1v) is 32.0. The van der Waals surface area contributed by atoms with Crippen LogP contribution in [-0.2, 0) is 38.0 Å². The largest absolute Gasteiger partial charge is 0.394 e. The molecule has 2 amide bonds. The third-order valence-corrected chi connectivity index (χ3v) is 16.5. The molecule has 3 fully saturated rings. The number of rotatable bonds is 47. The van der Waals surface area contributed by atoms with Crippen molar-refractivity contribution in [2.45, 2.75) is 343 Å². The number of unbranched alkanes of at least 4 members (excludes halogenated alkanes) is 28. The predicted molar refractivity (Wildman–Crippen MR) is 306 cm³/mol. The maximum atomic E-state index is 13.7. The average Bonchev–Trinajstić information content (AvgIpc) is 3.22. The van der Waals surface area contributed by atoms with Gasteiger partial charge in [0.05, 0.1) is 38.6 Å². The van der Waals surface area contributed by atoms with Gasteiger partial charge >= 0.3 is 0 Å². The summed E-state index contributed by atoms with van der Waals surface area (Å²) in [4.78, 5) is 26.1. The Morgan fingerprint density at radius 3 is 1.27 bits per heavy atom. The van der Waals surface area contributed by atoms with Crippen molar-refractivity contribution in [2.24, 2.45) is 0 Å². The SMILES string of the molecule is CCCCCCCCCCCCCCCCCCCCCC[C@@H](O)C(=O)N[C@@H](CO[C@H]1O[C@H](CO)[C@H](O)[C@H](O[C@H]2O[C@H](CO)[C@H](O)[C@H](O)[C@H]2NC(C)=O)[C@H]1O[C@H]1O[C@H](CO)[C@@H](O)[C@H](O)[C@H]1O)[C@H](O)[C@H](O)CCCCCCCCCCCC. The maximum absolute atomic E-state index is 13.7. The van der Waals surface area contributed by atoms with Gasteiger partial charge in [0.25, 0.3) is 0 Å². The standard InChI is InChI=1S/C60H114N2O20/c1-4-6-8-10-12-14-16-17-18-19-20-21-22-23-24-25-27-29-31-33-35-43(68)57(76)62-41(48(69)42(67)34-32-30-28-26-15-13-11-9-7-5-2)39-77-60-56(82-59-54(75)53(74)50(71)45(37-64)79-59)55(51(72)46(38-65)80-60)81-58-47(61-40(3)66)52(73)49(70)44(36-63)78-58/h41-56,58-60,63-65,67-75H,4-39H2,1-3H3,(H,61,66)(H,62,76)/t41-,42+,43+,44+,45+,46+,47+,48-,49-,50+,51-,52+,53-,54+,55-,56+,58+,59+,60-/m0/s1. The van der Waals surface area contributed by atoms with Crippen molar-refractivity contribution < 1.29 is 99.3 Å². The van der Waals surface area contributed by atoms with E-state index in [0.717, 1.165) is 64.7 Å². The normalized spacial score (nSPS) is 30.2. The quantitative estimate of drug-likeness (QED) is 0.0386. The highest BCUT2D eigenvalue weighted by Gasteiger charge is 2.55. The molecule has 22 nitrogen and oxygen atoms in total. The zero-order valence-electron chi connectivity index (χ0n) is 50.1. The molecule has 3 aliphatic heterocycles. The van der Waals surface area contributed by atoms with Crippen LogP contribution in [0, 0.1) is 0 Å². The summed E-state index contributed by atoms with van der Waals surface area (Å²) in [6, 6.07) is -3.01. The molecule has 0 aromatic heterocycles. The van der Waals surface area contributed by atoms with Crippen LogP contribution in [0.4, 0.5) is 0 Å². The number of ether oxygens (including phenoxy) is 6. The summed E-state index contributed by atoms with van der Waals surface area (Å²) < 4.78 is 36.0. The van der Waals surface area contributed by atoms with Crippen LogP contribution in [-0.4, -0.2) is 216 Å². The van der Waals surface area contributed by atoms with Crippen molar-refractivity contribution >= 4 is 11.8 Å². The minimum atomic E-state index is -2.03. The highest BCUT2D eigenvalue weighted by Crippen LogP contribution is 2.34. The summed E-state index contributed by atoms with van der Waals surface area (Å²) in [5.41, 5.74) is 0. The number of aliphatic hydroxyl groups is 12. The first-order valence-electron chi connectivity index (χ1n) is 32.0. The van der Waals surface area contributed by atoms with Gasteiger partial charge in [-0.3, -0.25) is 9.59 Å². The molecule has 3 rings (SSSR count). The molecule has 14 N–H and O–H groups in total. The van der Waals surface area contributed by atoms with Crippen LogP contribution >= 0.6 is 0 Å². The van der Waals surface area contributed by atoms with Crippen LogP contribution in [0.25, 0.3) is 0 Å². The molecule has 0 saturated carbocycles. The Kier molecular flexibility index (Phi) is 39.8. The molecule has 0 bridgehead atoms. The summed E-state index contributed by atoms with van der Waals surface area (Å²) in [5, 5.41) is 136. The molecule has 19 atom stereocenters. The number of aliphatic hydroxyl groups excluding tert-OH is 12. The summed E-state index contributed by atoms with van der Waals surface area (Å²) in [7, 11) is 0. The highest BCUT2D eigenvalue weighted by atomic mass is 16.8. The first-order chi connectivity index (χ1) is 39.5. The van der Waals surface area contributed by atoms with E-state index in [-0.39, 0.29) is 12.8 Å². The fraction of sp³-hybridized carbons (Fsp3) is 0.967. The summed E-state index contributed by atoms with van der Waals surface area (Å²) in [6.45, 7) is 2.24. The van der Waals surface area contributed by atoms with E-state index in [9.17, 15) is 70.9 Å². The van der Waals surface area contributed by atoms with Crippen LogP contribution in [0.5, 0.6) is 0 Å². The van der Waals surface area contributed by atoms with Gasteiger partial charge in [0.15, 0.2) is 18.9 Å². The lowest BCUT2D eigenvalue weighted by Gasteiger charge is -2.49. The van der Waals surface area contributed by atoms with Crippen molar-refractivity contribution in [3.8, 4) is 0 Å².